The van der Waals surface area contributed by atoms with E-state index in [0.29, 0.717) is 22.7 Å². The van der Waals surface area contributed by atoms with Crippen molar-refractivity contribution in [2.75, 3.05) is 0 Å². The van der Waals surface area contributed by atoms with E-state index in [4.69, 9.17) is 4.74 Å². The van der Waals surface area contributed by atoms with E-state index in [1.54, 1.807) is 28.9 Å². The van der Waals surface area contributed by atoms with Crippen LogP contribution in [0.4, 0.5) is 13.2 Å². The largest absolute Gasteiger partial charge is 0.486 e. The predicted octanol–water partition coefficient (Wildman–Crippen LogP) is 2.77. The van der Waals surface area contributed by atoms with Gasteiger partial charge in [0.1, 0.15) is 18.7 Å². The summed E-state index contributed by atoms with van der Waals surface area (Å²) in [7, 11) is 0. The van der Waals surface area contributed by atoms with Crippen LogP contribution in [0.2, 0.25) is 0 Å². The summed E-state index contributed by atoms with van der Waals surface area (Å²) in [5, 5.41) is 7.31. The molecule has 0 aliphatic carbocycles. The van der Waals surface area contributed by atoms with Crippen molar-refractivity contribution in [3.05, 3.63) is 54.6 Å². The van der Waals surface area contributed by atoms with Crippen molar-refractivity contribution in [3.8, 4) is 17.1 Å². The van der Waals surface area contributed by atoms with Gasteiger partial charge in [-0.1, -0.05) is 5.16 Å². The second kappa shape index (κ2) is 6.10. The van der Waals surface area contributed by atoms with E-state index in [0.717, 1.165) is 0 Å². The molecule has 0 saturated heterocycles. The molecule has 0 spiro atoms. The summed E-state index contributed by atoms with van der Waals surface area (Å²) in [5.74, 6) is -1.01. The normalized spacial score (nSPS) is 11.8. The maximum Gasteiger partial charge on any atom is 0.471 e. The minimum absolute atomic E-state index is 0.167. The topological polar surface area (TPSA) is 91.2 Å². The Balaban J connectivity index is 1.45. The summed E-state index contributed by atoms with van der Waals surface area (Å²) in [4.78, 5) is 11.5. The van der Waals surface area contributed by atoms with E-state index >= 15 is 0 Å². The first-order valence-electron chi connectivity index (χ1n) is 7.27. The number of rotatable bonds is 4. The highest BCUT2D eigenvalue weighted by Gasteiger charge is 2.38. The smallest absolute Gasteiger partial charge is 0.471 e. The average Bonchev–Trinajstić information content (AvgIpc) is 3.29. The van der Waals surface area contributed by atoms with Crippen molar-refractivity contribution in [2.24, 2.45) is 0 Å². The third-order valence-electron chi connectivity index (χ3n) is 3.39. The van der Waals surface area contributed by atoms with Crippen LogP contribution in [-0.4, -0.2) is 29.7 Å². The van der Waals surface area contributed by atoms with Crippen LogP contribution in [0.5, 0.6) is 5.75 Å². The van der Waals surface area contributed by atoms with E-state index in [2.05, 4.69) is 29.7 Å². The maximum absolute atomic E-state index is 12.5. The zero-order valence-corrected chi connectivity index (χ0v) is 12.9. The molecule has 0 radical (unpaired) electrons. The number of nitrogens with zero attached hydrogens (tertiary/aromatic N) is 6. The molecule has 4 heterocycles. The number of hydrogen-bond donors (Lipinski definition) is 0. The summed E-state index contributed by atoms with van der Waals surface area (Å²) in [5.41, 5.74) is 1.57. The van der Waals surface area contributed by atoms with Gasteiger partial charge in [0.2, 0.25) is 5.82 Å². The van der Waals surface area contributed by atoms with Crippen molar-refractivity contribution in [3.63, 3.8) is 0 Å². The van der Waals surface area contributed by atoms with Crippen molar-refractivity contribution < 1.29 is 22.4 Å². The standard InChI is InChI=1S/C15H9F3N6O2/c16-15(17,18)14-22-13(23-26-14)9-1-2-10(19-5-9)7-25-11-3-4-12-20-8-21-24(12)6-11/h1-6,8H,7H2. The molecule has 8 nitrogen and oxygen atoms in total. The molecule has 4 aromatic heterocycles. The average molecular weight is 362 g/mol. The minimum Gasteiger partial charge on any atom is -0.486 e. The van der Waals surface area contributed by atoms with E-state index < -0.39 is 12.1 Å². The maximum atomic E-state index is 12.5. The Hall–Kier alpha value is -3.50. The molecule has 0 amide bonds. The molecule has 0 unspecified atom stereocenters. The lowest BCUT2D eigenvalue weighted by atomic mass is 10.2. The van der Waals surface area contributed by atoms with Gasteiger partial charge in [-0.05, 0) is 24.3 Å². The van der Waals surface area contributed by atoms with Gasteiger partial charge in [0.05, 0.1) is 11.9 Å². The number of aromatic nitrogens is 6. The monoisotopic (exact) mass is 362 g/mol. The zero-order chi connectivity index (χ0) is 18.1. The first-order chi connectivity index (χ1) is 12.5. The number of ether oxygens (including phenoxy) is 1. The van der Waals surface area contributed by atoms with Crippen LogP contribution < -0.4 is 4.74 Å². The van der Waals surface area contributed by atoms with Gasteiger partial charge in [0, 0.05) is 11.8 Å². The third-order valence-corrected chi connectivity index (χ3v) is 3.39. The van der Waals surface area contributed by atoms with Crippen molar-refractivity contribution in [1.82, 2.24) is 29.7 Å². The molecule has 0 N–H and O–H groups in total. The number of pyridine rings is 2. The second-order valence-corrected chi connectivity index (χ2v) is 5.18. The number of alkyl halides is 3. The van der Waals surface area contributed by atoms with Gasteiger partial charge in [-0.25, -0.2) is 9.50 Å². The Kier molecular flexibility index (Phi) is 3.75. The quantitative estimate of drug-likeness (QED) is 0.551. The third kappa shape index (κ3) is 3.18. The highest BCUT2D eigenvalue weighted by Crippen LogP contribution is 2.29. The van der Waals surface area contributed by atoms with Crippen LogP contribution in [-0.2, 0) is 12.8 Å². The van der Waals surface area contributed by atoms with E-state index in [9.17, 15) is 13.2 Å². The molecule has 4 rings (SSSR count). The van der Waals surface area contributed by atoms with Gasteiger partial charge < -0.3 is 9.26 Å². The van der Waals surface area contributed by atoms with Gasteiger partial charge >= 0.3 is 12.1 Å². The Morgan fingerprint density at radius 3 is 2.73 bits per heavy atom. The number of hydrogen-bond acceptors (Lipinski definition) is 7. The van der Waals surface area contributed by atoms with Gasteiger partial charge in [-0.15, -0.1) is 0 Å². The fourth-order valence-corrected chi connectivity index (χ4v) is 2.14. The number of halogens is 3. The molecule has 11 heteroatoms. The van der Waals surface area contributed by atoms with Crippen molar-refractivity contribution in [2.45, 2.75) is 12.8 Å². The first kappa shape index (κ1) is 16.0. The highest BCUT2D eigenvalue weighted by molar-refractivity contribution is 5.52. The van der Waals surface area contributed by atoms with Crippen molar-refractivity contribution in [1.29, 1.82) is 0 Å². The highest BCUT2D eigenvalue weighted by atomic mass is 19.4. The van der Waals surface area contributed by atoms with E-state index in [-0.39, 0.29) is 12.4 Å². The summed E-state index contributed by atoms with van der Waals surface area (Å²) < 4.78 is 48.8. The number of fused-ring (bicyclic) bond motifs is 1. The molecule has 0 aliphatic rings. The molecule has 0 atom stereocenters. The lowest BCUT2D eigenvalue weighted by Gasteiger charge is -2.06. The summed E-state index contributed by atoms with van der Waals surface area (Å²) in [6, 6.07) is 6.65. The molecule has 0 aromatic carbocycles. The van der Waals surface area contributed by atoms with Crippen LogP contribution in [0.15, 0.2) is 47.5 Å². The van der Waals surface area contributed by atoms with Gasteiger partial charge in [0.25, 0.3) is 0 Å². The molecular weight excluding hydrogens is 353 g/mol. The predicted molar refractivity (Wildman–Crippen MR) is 79.9 cm³/mol. The Bertz CT molecular complexity index is 1040. The minimum atomic E-state index is -4.68. The fraction of sp³-hybridized carbons (Fsp3) is 0.133. The molecule has 0 bridgehead atoms. The fourth-order valence-electron chi connectivity index (χ4n) is 2.14. The summed E-state index contributed by atoms with van der Waals surface area (Å²) in [6.45, 7) is 0.167. The summed E-state index contributed by atoms with van der Waals surface area (Å²) >= 11 is 0. The molecular formula is C15H9F3N6O2. The molecule has 4 aromatic rings. The van der Waals surface area contributed by atoms with Gasteiger partial charge in [0.15, 0.2) is 5.65 Å². The molecule has 132 valence electrons. The molecule has 0 fully saturated rings. The zero-order valence-electron chi connectivity index (χ0n) is 12.9. The van der Waals surface area contributed by atoms with Crippen molar-refractivity contribution >= 4 is 5.65 Å². The van der Waals surface area contributed by atoms with Gasteiger partial charge in [-0.2, -0.15) is 23.3 Å². The van der Waals surface area contributed by atoms with E-state index in [1.165, 1.54) is 18.6 Å². The molecule has 26 heavy (non-hydrogen) atoms. The van der Waals surface area contributed by atoms with Crippen LogP contribution >= 0.6 is 0 Å². The lowest BCUT2D eigenvalue weighted by Crippen LogP contribution is -2.04. The Morgan fingerprint density at radius 1 is 1.12 bits per heavy atom. The molecule has 0 aliphatic heterocycles. The van der Waals surface area contributed by atoms with Crippen LogP contribution in [0, 0.1) is 0 Å². The first-order valence-corrected chi connectivity index (χ1v) is 7.27. The van der Waals surface area contributed by atoms with Gasteiger partial charge in [-0.3, -0.25) is 4.98 Å². The lowest BCUT2D eigenvalue weighted by molar-refractivity contribution is -0.159. The van der Waals surface area contributed by atoms with E-state index in [1.807, 2.05) is 0 Å². The van der Waals surface area contributed by atoms with Crippen LogP contribution in [0.3, 0.4) is 0 Å². The van der Waals surface area contributed by atoms with Crippen LogP contribution in [0.25, 0.3) is 17.0 Å². The molecule has 0 saturated carbocycles. The SMILES string of the molecule is FC(F)(F)c1nc(-c2ccc(COc3ccc4ncnn4c3)nc2)no1. The second-order valence-electron chi connectivity index (χ2n) is 5.18. The Morgan fingerprint density at radius 2 is 2.00 bits per heavy atom. The Labute approximate surface area is 143 Å². The van der Waals surface area contributed by atoms with Crippen LogP contribution in [0.1, 0.15) is 11.6 Å². The summed E-state index contributed by atoms with van der Waals surface area (Å²) in [6.07, 6.45) is -0.224.